The molecule has 3 aromatic carbocycles. The van der Waals surface area contributed by atoms with Crippen LogP contribution in [0.25, 0.3) is 17.1 Å². The lowest BCUT2D eigenvalue weighted by Gasteiger charge is -2.16. The van der Waals surface area contributed by atoms with Crippen molar-refractivity contribution in [2.24, 2.45) is 0 Å². The molecule has 7 heteroatoms. The molecule has 1 aromatic heterocycles. The van der Waals surface area contributed by atoms with Crippen molar-refractivity contribution in [2.75, 3.05) is 7.05 Å². The molecular formula is C23H20ClFN4S. The first-order valence-electron chi connectivity index (χ1n) is 9.45. The van der Waals surface area contributed by atoms with Gasteiger partial charge in [0.25, 0.3) is 0 Å². The van der Waals surface area contributed by atoms with Gasteiger partial charge in [-0.25, -0.2) is 9.07 Å². The highest BCUT2D eigenvalue weighted by Gasteiger charge is 2.15. The Morgan fingerprint density at radius 1 is 0.967 bits per heavy atom. The lowest BCUT2D eigenvalue weighted by molar-refractivity contribution is 0.244. The number of aromatic nitrogens is 3. The molecule has 0 aliphatic carbocycles. The number of para-hydroxylation sites is 1. The Bertz CT molecular complexity index is 1180. The summed E-state index contributed by atoms with van der Waals surface area (Å²) in [5.74, 6) is 0.510. The molecule has 0 amide bonds. The molecule has 0 spiro atoms. The SMILES string of the molecule is CN(Cc1ccc(F)cc1)Cn1nc(-c2ccc(Cl)cc2)n(-c2ccccc2)c1=S. The van der Waals surface area contributed by atoms with Crippen molar-refractivity contribution in [2.45, 2.75) is 13.2 Å². The van der Waals surface area contributed by atoms with Crippen LogP contribution in [-0.4, -0.2) is 26.3 Å². The summed E-state index contributed by atoms with van der Waals surface area (Å²) in [6.07, 6.45) is 0. The van der Waals surface area contributed by atoms with Crippen LogP contribution in [0.15, 0.2) is 78.9 Å². The van der Waals surface area contributed by atoms with E-state index < -0.39 is 0 Å². The summed E-state index contributed by atoms with van der Waals surface area (Å²) < 4.78 is 17.5. The zero-order valence-corrected chi connectivity index (χ0v) is 17.9. The van der Waals surface area contributed by atoms with Gasteiger partial charge < -0.3 is 0 Å². The van der Waals surface area contributed by atoms with Gasteiger partial charge in [0.15, 0.2) is 5.82 Å². The van der Waals surface area contributed by atoms with Crippen LogP contribution in [0.5, 0.6) is 0 Å². The molecule has 152 valence electrons. The van der Waals surface area contributed by atoms with Crippen LogP contribution in [0.1, 0.15) is 5.56 Å². The number of hydrogen-bond donors (Lipinski definition) is 0. The van der Waals surface area contributed by atoms with Crippen molar-refractivity contribution in [3.05, 3.63) is 100 Å². The van der Waals surface area contributed by atoms with Crippen molar-refractivity contribution >= 4 is 23.8 Å². The van der Waals surface area contributed by atoms with E-state index in [1.165, 1.54) is 12.1 Å². The average Bonchev–Trinajstić information content (AvgIpc) is 3.07. The zero-order chi connectivity index (χ0) is 21.1. The summed E-state index contributed by atoms with van der Waals surface area (Å²) >= 11 is 11.8. The van der Waals surface area contributed by atoms with E-state index in [1.54, 1.807) is 16.8 Å². The topological polar surface area (TPSA) is 26.0 Å². The zero-order valence-electron chi connectivity index (χ0n) is 16.4. The minimum Gasteiger partial charge on any atom is -0.283 e. The molecule has 30 heavy (non-hydrogen) atoms. The maximum atomic E-state index is 13.2. The number of benzene rings is 3. The molecule has 0 saturated heterocycles. The standard InChI is InChI=1S/C23H20ClFN4S/c1-27(15-17-7-13-20(25)14-8-17)16-28-23(30)29(21-5-3-2-4-6-21)22(26-28)18-9-11-19(24)12-10-18/h2-14H,15-16H2,1H3. The monoisotopic (exact) mass is 438 g/mol. The molecule has 0 saturated carbocycles. The third-order valence-electron chi connectivity index (χ3n) is 4.70. The highest BCUT2D eigenvalue weighted by Crippen LogP contribution is 2.24. The largest absolute Gasteiger partial charge is 0.283 e. The summed E-state index contributed by atoms with van der Waals surface area (Å²) in [6.45, 7) is 1.15. The third kappa shape index (κ3) is 4.51. The number of rotatable bonds is 6. The van der Waals surface area contributed by atoms with E-state index in [-0.39, 0.29) is 5.82 Å². The molecule has 0 bridgehead atoms. The van der Waals surface area contributed by atoms with E-state index in [2.05, 4.69) is 4.90 Å². The van der Waals surface area contributed by atoms with Crippen LogP contribution in [-0.2, 0) is 13.2 Å². The van der Waals surface area contributed by atoms with Crippen LogP contribution in [0, 0.1) is 10.6 Å². The van der Waals surface area contributed by atoms with Crippen LogP contribution < -0.4 is 0 Å². The van der Waals surface area contributed by atoms with E-state index in [4.69, 9.17) is 28.9 Å². The van der Waals surface area contributed by atoms with E-state index in [0.717, 1.165) is 22.6 Å². The van der Waals surface area contributed by atoms with Crippen molar-refractivity contribution in [1.82, 2.24) is 19.2 Å². The van der Waals surface area contributed by atoms with Crippen molar-refractivity contribution in [1.29, 1.82) is 0 Å². The van der Waals surface area contributed by atoms with Crippen LogP contribution in [0.4, 0.5) is 4.39 Å². The van der Waals surface area contributed by atoms with Crippen LogP contribution in [0.2, 0.25) is 5.02 Å². The minimum absolute atomic E-state index is 0.238. The summed E-state index contributed by atoms with van der Waals surface area (Å²) in [6, 6.07) is 24.0. The van der Waals surface area contributed by atoms with Gasteiger partial charge in [-0.2, -0.15) is 0 Å². The highest BCUT2D eigenvalue weighted by atomic mass is 35.5. The van der Waals surface area contributed by atoms with E-state index >= 15 is 0 Å². The molecule has 0 N–H and O–H groups in total. The quantitative estimate of drug-likeness (QED) is 0.348. The van der Waals surface area contributed by atoms with Gasteiger partial charge in [0.1, 0.15) is 5.82 Å². The fraction of sp³-hybridized carbons (Fsp3) is 0.130. The van der Waals surface area contributed by atoms with Gasteiger partial charge in [0.2, 0.25) is 4.77 Å². The normalized spacial score (nSPS) is 11.2. The molecule has 0 unspecified atom stereocenters. The highest BCUT2D eigenvalue weighted by molar-refractivity contribution is 7.71. The fourth-order valence-corrected chi connectivity index (χ4v) is 3.69. The lowest BCUT2D eigenvalue weighted by Crippen LogP contribution is -2.22. The number of nitrogens with zero attached hydrogens (tertiary/aromatic N) is 4. The summed E-state index contributed by atoms with van der Waals surface area (Å²) in [5.41, 5.74) is 2.89. The molecule has 4 rings (SSSR count). The van der Waals surface area contributed by atoms with Gasteiger partial charge in [0, 0.05) is 22.8 Å². The first kappa shape index (κ1) is 20.5. The van der Waals surface area contributed by atoms with Crippen LogP contribution >= 0.6 is 23.8 Å². The van der Waals surface area contributed by atoms with Gasteiger partial charge in [-0.1, -0.05) is 41.9 Å². The van der Waals surface area contributed by atoms with Gasteiger partial charge in [-0.05, 0) is 73.4 Å². The Morgan fingerprint density at radius 2 is 1.63 bits per heavy atom. The first-order valence-corrected chi connectivity index (χ1v) is 10.2. The minimum atomic E-state index is -0.238. The van der Waals surface area contributed by atoms with Crippen molar-refractivity contribution < 1.29 is 4.39 Å². The second kappa shape index (κ2) is 8.92. The Balaban J connectivity index is 1.69. The first-order chi connectivity index (χ1) is 14.5. The molecular weight excluding hydrogens is 419 g/mol. The second-order valence-corrected chi connectivity index (χ2v) is 7.87. The molecule has 0 atom stereocenters. The van der Waals surface area contributed by atoms with E-state index in [9.17, 15) is 4.39 Å². The average molecular weight is 439 g/mol. The molecule has 1 heterocycles. The van der Waals surface area contributed by atoms with Gasteiger partial charge in [-0.15, -0.1) is 5.10 Å². The third-order valence-corrected chi connectivity index (χ3v) is 5.34. The smallest absolute Gasteiger partial charge is 0.204 e. The summed E-state index contributed by atoms with van der Waals surface area (Å²) in [4.78, 5) is 2.08. The molecule has 0 aliphatic rings. The van der Waals surface area contributed by atoms with Gasteiger partial charge in [-0.3, -0.25) is 9.47 Å². The Hall–Kier alpha value is -2.80. The number of halogens is 2. The summed E-state index contributed by atoms with van der Waals surface area (Å²) in [5, 5.41) is 5.48. The molecule has 0 radical (unpaired) electrons. The molecule has 0 fully saturated rings. The predicted octanol–water partition coefficient (Wildman–Crippen LogP) is 5.95. The lowest BCUT2D eigenvalue weighted by atomic mass is 10.2. The van der Waals surface area contributed by atoms with Crippen molar-refractivity contribution in [3.8, 4) is 17.1 Å². The fourth-order valence-electron chi connectivity index (χ4n) is 3.28. The maximum absolute atomic E-state index is 13.2. The van der Waals surface area contributed by atoms with Gasteiger partial charge >= 0.3 is 0 Å². The van der Waals surface area contributed by atoms with Gasteiger partial charge in [0.05, 0.1) is 6.67 Å². The molecule has 0 aliphatic heterocycles. The van der Waals surface area contributed by atoms with E-state index in [0.29, 0.717) is 23.0 Å². The van der Waals surface area contributed by atoms with E-state index in [1.807, 2.05) is 66.2 Å². The summed E-state index contributed by atoms with van der Waals surface area (Å²) in [7, 11) is 1.98. The Kier molecular flexibility index (Phi) is 6.08. The second-order valence-electron chi connectivity index (χ2n) is 7.07. The van der Waals surface area contributed by atoms with Crippen molar-refractivity contribution in [3.63, 3.8) is 0 Å². The Morgan fingerprint density at radius 3 is 2.30 bits per heavy atom. The predicted molar refractivity (Wildman–Crippen MR) is 121 cm³/mol. The molecule has 4 nitrogen and oxygen atoms in total. The Labute approximate surface area is 184 Å². The molecule has 4 aromatic rings. The number of hydrogen-bond acceptors (Lipinski definition) is 3. The van der Waals surface area contributed by atoms with Crippen LogP contribution in [0.3, 0.4) is 0 Å². The maximum Gasteiger partial charge on any atom is 0.204 e.